The summed E-state index contributed by atoms with van der Waals surface area (Å²) in [6, 6.07) is 16.3. The molecular weight excluding hydrogens is 342 g/mol. The first-order valence-corrected chi connectivity index (χ1v) is 11.0. The van der Waals surface area contributed by atoms with Crippen molar-refractivity contribution >= 4 is 0 Å². The van der Waals surface area contributed by atoms with Gasteiger partial charge < -0.3 is 4.74 Å². The molecule has 2 heteroatoms. The van der Waals surface area contributed by atoms with Crippen molar-refractivity contribution in [2.24, 2.45) is 0 Å². The van der Waals surface area contributed by atoms with Gasteiger partial charge in [0.2, 0.25) is 0 Å². The molecule has 150 valence electrons. The molecule has 0 heterocycles. The second kappa shape index (κ2) is 13.0. The Kier molecular flexibility index (Phi) is 10.2. The minimum atomic E-state index is 0.706. The molecule has 0 saturated carbocycles. The fraction of sp³-hybridized carbons (Fsp3) is 0.500. The van der Waals surface area contributed by atoms with Crippen molar-refractivity contribution in [3.05, 3.63) is 53.6 Å². The van der Waals surface area contributed by atoms with Gasteiger partial charge in [0, 0.05) is 0 Å². The molecule has 0 saturated heterocycles. The van der Waals surface area contributed by atoms with Crippen LogP contribution in [0, 0.1) is 18.3 Å². The third-order valence-corrected chi connectivity index (χ3v) is 5.29. The quantitative estimate of drug-likeness (QED) is 0.333. The first-order valence-electron chi connectivity index (χ1n) is 11.0. The van der Waals surface area contributed by atoms with Gasteiger partial charge in [0.25, 0.3) is 0 Å². The number of hydrogen-bond donors (Lipinski definition) is 0. The standard InChI is InChI=1S/C26H35NO/c1-3-4-5-6-7-8-9-10-11-12-19-28-25-16-14-24(15-17-25)26-18-13-23(21-27)20-22(26)2/h13-18,20H,3-12,19H2,1-2H3. The van der Waals surface area contributed by atoms with Gasteiger partial charge in [0.15, 0.2) is 0 Å². The second-order valence-electron chi connectivity index (χ2n) is 7.70. The normalized spacial score (nSPS) is 10.6. The Balaban J connectivity index is 1.62. The summed E-state index contributed by atoms with van der Waals surface area (Å²) < 4.78 is 5.89. The van der Waals surface area contributed by atoms with E-state index < -0.39 is 0 Å². The SMILES string of the molecule is CCCCCCCCCCCCOc1ccc(-c2ccc(C#N)cc2C)cc1. The van der Waals surface area contributed by atoms with Gasteiger partial charge >= 0.3 is 0 Å². The van der Waals surface area contributed by atoms with Crippen LogP contribution in [0.4, 0.5) is 0 Å². The monoisotopic (exact) mass is 377 g/mol. The molecule has 0 spiro atoms. The lowest BCUT2D eigenvalue weighted by Crippen LogP contribution is -1.97. The van der Waals surface area contributed by atoms with Crippen molar-refractivity contribution in [2.45, 2.75) is 78.1 Å². The molecule has 2 aromatic rings. The summed E-state index contributed by atoms with van der Waals surface area (Å²) in [6.45, 7) is 5.12. The number of nitriles is 1. The Morgan fingerprint density at radius 1 is 0.786 bits per heavy atom. The van der Waals surface area contributed by atoms with Crippen LogP contribution >= 0.6 is 0 Å². The molecule has 0 atom stereocenters. The van der Waals surface area contributed by atoms with Gasteiger partial charge in [0.1, 0.15) is 5.75 Å². The molecule has 0 aliphatic carbocycles. The predicted molar refractivity (Wildman–Crippen MR) is 119 cm³/mol. The summed E-state index contributed by atoms with van der Waals surface area (Å²) in [6.07, 6.45) is 13.4. The Hall–Kier alpha value is -2.27. The van der Waals surface area contributed by atoms with E-state index in [-0.39, 0.29) is 0 Å². The molecular formula is C26H35NO. The first-order chi connectivity index (χ1) is 13.7. The van der Waals surface area contributed by atoms with Gasteiger partial charge in [-0.2, -0.15) is 5.26 Å². The van der Waals surface area contributed by atoms with Crippen LogP contribution in [0.2, 0.25) is 0 Å². The lowest BCUT2D eigenvalue weighted by molar-refractivity contribution is 0.304. The average Bonchev–Trinajstić information content (AvgIpc) is 2.72. The molecule has 2 aromatic carbocycles. The van der Waals surface area contributed by atoms with E-state index in [4.69, 9.17) is 10.00 Å². The van der Waals surface area contributed by atoms with Gasteiger partial charge in [-0.1, -0.05) is 82.9 Å². The molecule has 0 N–H and O–H groups in total. The summed E-state index contributed by atoms with van der Waals surface area (Å²) in [7, 11) is 0. The first kappa shape index (κ1) is 22.0. The highest BCUT2D eigenvalue weighted by atomic mass is 16.5. The van der Waals surface area contributed by atoms with E-state index in [9.17, 15) is 0 Å². The molecule has 0 radical (unpaired) electrons. The van der Waals surface area contributed by atoms with E-state index in [1.807, 2.05) is 37.3 Å². The molecule has 0 aliphatic heterocycles. The number of hydrogen-bond acceptors (Lipinski definition) is 2. The number of rotatable bonds is 13. The van der Waals surface area contributed by atoms with Crippen LogP contribution in [0.25, 0.3) is 11.1 Å². The molecule has 28 heavy (non-hydrogen) atoms. The van der Waals surface area contributed by atoms with Crippen LogP contribution in [-0.4, -0.2) is 6.61 Å². The maximum atomic E-state index is 9.00. The molecule has 0 fully saturated rings. The summed E-state index contributed by atoms with van der Waals surface area (Å²) in [4.78, 5) is 0. The van der Waals surface area contributed by atoms with Crippen LogP contribution in [0.15, 0.2) is 42.5 Å². The maximum Gasteiger partial charge on any atom is 0.119 e. The zero-order chi connectivity index (χ0) is 20.0. The fourth-order valence-electron chi connectivity index (χ4n) is 3.57. The maximum absolute atomic E-state index is 9.00. The number of benzene rings is 2. The van der Waals surface area contributed by atoms with Crippen molar-refractivity contribution in [3.63, 3.8) is 0 Å². The highest BCUT2D eigenvalue weighted by Gasteiger charge is 2.04. The fourth-order valence-corrected chi connectivity index (χ4v) is 3.57. The minimum Gasteiger partial charge on any atom is -0.494 e. The molecule has 0 amide bonds. The van der Waals surface area contributed by atoms with Gasteiger partial charge in [0.05, 0.1) is 18.2 Å². The number of aryl methyl sites for hydroxylation is 1. The number of nitrogens with zero attached hydrogens (tertiary/aromatic N) is 1. The van der Waals surface area contributed by atoms with Gasteiger partial charge in [-0.3, -0.25) is 0 Å². The topological polar surface area (TPSA) is 33.0 Å². The smallest absolute Gasteiger partial charge is 0.119 e. The highest BCUT2D eigenvalue weighted by molar-refractivity contribution is 5.68. The highest BCUT2D eigenvalue weighted by Crippen LogP contribution is 2.26. The van der Waals surface area contributed by atoms with Crippen molar-refractivity contribution < 1.29 is 4.74 Å². The van der Waals surface area contributed by atoms with Crippen LogP contribution in [0.1, 0.15) is 82.3 Å². The van der Waals surface area contributed by atoms with Crippen LogP contribution in [0.5, 0.6) is 5.75 Å². The average molecular weight is 378 g/mol. The Labute approximate surface area is 171 Å². The Bertz CT molecular complexity index is 727. The van der Waals surface area contributed by atoms with E-state index in [0.717, 1.165) is 29.9 Å². The zero-order valence-electron chi connectivity index (χ0n) is 17.7. The molecule has 2 nitrogen and oxygen atoms in total. The molecule has 0 unspecified atom stereocenters. The van der Waals surface area contributed by atoms with E-state index in [0.29, 0.717) is 5.56 Å². The second-order valence-corrected chi connectivity index (χ2v) is 7.70. The minimum absolute atomic E-state index is 0.706. The van der Waals surface area contributed by atoms with Crippen molar-refractivity contribution in [3.8, 4) is 22.9 Å². The van der Waals surface area contributed by atoms with Crippen molar-refractivity contribution in [2.75, 3.05) is 6.61 Å². The summed E-state index contributed by atoms with van der Waals surface area (Å²) in [5.74, 6) is 0.936. The molecule has 0 aliphatic rings. The summed E-state index contributed by atoms with van der Waals surface area (Å²) in [5, 5.41) is 9.00. The summed E-state index contributed by atoms with van der Waals surface area (Å²) >= 11 is 0. The van der Waals surface area contributed by atoms with E-state index >= 15 is 0 Å². The van der Waals surface area contributed by atoms with Crippen LogP contribution in [0.3, 0.4) is 0 Å². The van der Waals surface area contributed by atoms with Crippen molar-refractivity contribution in [1.29, 1.82) is 5.26 Å². The Morgan fingerprint density at radius 2 is 1.39 bits per heavy atom. The predicted octanol–water partition coefficient (Wildman–Crippen LogP) is 7.83. The van der Waals surface area contributed by atoms with E-state index in [1.165, 1.54) is 63.4 Å². The van der Waals surface area contributed by atoms with E-state index in [2.05, 4.69) is 25.1 Å². The lowest BCUT2D eigenvalue weighted by atomic mass is 9.99. The number of unbranched alkanes of at least 4 members (excludes halogenated alkanes) is 9. The molecule has 2 rings (SSSR count). The van der Waals surface area contributed by atoms with Gasteiger partial charge in [-0.15, -0.1) is 0 Å². The van der Waals surface area contributed by atoms with Crippen molar-refractivity contribution in [1.82, 2.24) is 0 Å². The van der Waals surface area contributed by atoms with Gasteiger partial charge in [-0.05, 0) is 54.3 Å². The lowest BCUT2D eigenvalue weighted by Gasteiger charge is -2.09. The van der Waals surface area contributed by atoms with Gasteiger partial charge in [-0.25, -0.2) is 0 Å². The summed E-state index contributed by atoms with van der Waals surface area (Å²) in [5.41, 5.74) is 4.16. The largest absolute Gasteiger partial charge is 0.494 e. The number of ether oxygens (including phenoxy) is 1. The zero-order valence-corrected chi connectivity index (χ0v) is 17.7. The van der Waals surface area contributed by atoms with Crippen LogP contribution < -0.4 is 4.74 Å². The van der Waals surface area contributed by atoms with E-state index in [1.54, 1.807) is 0 Å². The third kappa shape index (κ3) is 7.77. The third-order valence-electron chi connectivity index (χ3n) is 5.29. The molecule has 0 aromatic heterocycles. The Morgan fingerprint density at radius 3 is 1.96 bits per heavy atom. The molecule has 0 bridgehead atoms. The van der Waals surface area contributed by atoms with Crippen LogP contribution in [-0.2, 0) is 0 Å².